The van der Waals surface area contributed by atoms with Crippen LogP contribution >= 0.6 is 0 Å². The highest BCUT2D eigenvalue weighted by atomic mass is 32.2. The third-order valence-corrected chi connectivity index (χ3v) is 7.74. The predicted octanol–water partition coefficient (Wildman–Crippen LogP) is 3.25. The summed E-state index contributed by atoms with van der Waals surface area (Å²) < 4.78 is 28.7. The second-order valence-corrected chi connectivity index (χ2v) is 9.91. The molecule has 1 aliphatic heterocycles. The SMILES string of the molecule is Cc1cccc(NC(=O)CCCn2nnc3cc(S(=O)(=O)N4CCCC4)ccc32)c1C. The van der Waals surface area contributed by atoms with Crippen molar-refractivity contribution < 1.29 is 13.2 Å². The highest BCUT2D eigenvalue weighted by molar-refractivity contribution is 7.89. The van der Waals surface area contributed by atoms with Crippen LogP contribution in [0.3, 0.4) is 0 Å². The number of nitrogens with zero attached hydrogens (tertiary/aromatic N) is 4. The van der Waals surface area contributed by atoms with Crippen LogP contribution < -0.4 is 5.32 Å². The Morgan fingerprint density at radius 1 is 1.13 bits per heavy atom. The molecule has 0 bridgehead atoms. The Kier molecular flexibility index (Phi) is 6.06. The van der Waals surface area contributed by atoms with Crippen molar-refractivity contribution in [2.75, 3.05) is 18.4 Å². The number of sulfonamides is 1. The topological polar surface area (TPSA) is 97.2 Å². The first-order valence-corrected chi connectivity index (χ1v) is 12.0. The van der Waals surface area contributed by atoms with Crippen molar-refractivity contribution in [2.45, 2.75) is 51.0 Å². The molecule has 3 aromatic rings. The molecule has 0 radical (unpaired) electrons. The normalized spacial score (nSPS) is 14.9. The molecule has 8 nitrogen and oxygen atoms in total. The summed E-state index contributed by atoms with van der Waals surface area (Å²) in [6.45, 7) is 5.66. The van der Waals surface area contributed by atoms with Gasteiger partial charge < -0.3 is 5.32 Å². The first-order chi connectivity index (χ1) is 14.9. The molecule has 0 unspecified atom stereocenters. The summed E-state index contributed by atoms with van der Waals surface area (Å²) >= 11 is 0. The zero-order valence-corrected chi connectivity index (χ0v) is 18.7. The van der Waals surface area contributed by atoms with Gasteiger partial charge in [0, 0.05) is 31.7 Å². The van der Waals surface area contributed by atoms with Gasteiger partial charge in [-0.15, -0.1) is 5.10 Å². The van der Waals surface area contributed by atoms with Crippen molar-refractivity contribution >= 4 is 32.7 Å². The van der Waals surface area contributed by atoms with Crippen LogP contribution in [0.25, 0.3) is 11.0 Å². The van der Waals surface area contributed by atoms with E-state index in [2.05, 4.69) is 15.6 Å². The fourth-order valence-corrected chi connectivity index (χ4v) is 5.38. The second kappa shape index (κ2) is 8.76. The van der Waals surface area contributed by atoms with E-state index in [0.717, 1.165) is 35.2 Å². The number of benzene rings is 2. The van der Waals surface area contributed by atoms with Gasteiger partial charge in [-0.05, 0) is 68.5 Å². The van der Waals surface area contributed by atoms with Crippen LogP contribution in [0.2, 0.25) is 0 Å². The third-order valence-electron chi connectivity index (χ3n) is 5.84. The van der Waals surface area contributed by atoms with E-state index in [9.17, 15) is 13.2 Å². The van der Waals surface area contributed by atoms with Crippen LogP contribution in [0.1, 0.15) is 36.8 Å². The number of hydrogen-bond acceptors (Lipinski definition) is 5. The Labute approximate surface area is 182 Å². The molecule has 1 aromatic heterocycles. The molecule has 0 saturated carbocycles. The van der Waals surface area contributed by atoms with Gasteiger partial charge in [-0.3, -0.25) is 4.79 Å². The minimum Gasteiger partial charge on any atom is -0.326 e. The van der Waals surface area contributed by atoms with E-state index >= 15 is 0 Å². The Bertz CT molecular complexity index is 1210. The van der Waals surface area contributed by atoms with E-state index in [0.29, 0.717) is 38.0 Å². The lowest BCUT2D eigenvalue weighted by atomic mass is 10.1. The van der Waals surface area contributed by atoms with E-state index in [1.165, 1.54) is 4.31 Å². The largest absolute Gasteiger partial charge is 0.326 e. The summed E-state index contributed by atoms with van der Waals surface area (Å²) in [4.78, 5) is 12.6. The highest BCUT2D eigenvalue weighted by Gasteiger charge is 2.27. The summed E-state index contributed by atoms with van der Waals surface area (Å²) in [7, 11) is -3.48. The number of carbonyl (C=O) groups is 1. The van der Waals surface area contributed by atoms with Crippen LogP contribution in [-0.2, 0) is 21.4 Å². The molecule has 0 spiro atoms. The van der Waals surface area contributed by atoms with Crippen molar-refractivity contribution in [3.63, 3.8) is 0 Å². The van der Waals surface area contributed by atoms with Gasteiger partial charge in [-0.2, -0.15) is 4.31 Å². The molecule has 1 N–H and O–H groups in total. The predicted molar refractivity (Wildman–Crippen MR) is 119 cm³/mol. The number of rotatable bonds is 7. The zero-order valence-electron chi connectivity index (χ0n) is 17.8. The second-order valence-electron chi connectivity index (χ2n) is 7.97. The number of anilines is 1. The third kappa shape index (κ3) is 4.47. The van der Waals surface area contributed by atoms with Crippen molar-refractivity contribution in [1.82, 2.24) is 19.3 Å². The highest BCUT2D eigenvalue weighted by Crippen LogP contribution is 2.24. The summed E-state index contributed by atoms with van der Waals surface area (Å²) in [6.07, 6.45) is 2.75. The molecule has 1 amide bonds. The molecule has 0 atom stereocenters. The smallest absolute Gasteiger partial charge is 0.243 e. The fraction of sp³-hybridized carbons (Fsp3) is 0.409. The number of hydrogen-bond donors (Lipinski definition) is 1. The van der Waals surface area contributed by atoms with E-state index in [-0.39, 0.29) is 10.8 Å². The molecule has 1 aliphatic rings. The first kappa shape index (κ1) is 21.5. The Morgan fingerprint density at radius 3 is 2.68 bits per heavy atom. The number of fused-ring (bicyclic) bond motifs is 1. The van der Waals surface area contributed by atoms with Gasteiger partial charge in [0.25, 0.3) is 0 Å². The number of carbonyl (C=O) groups excluding carboxylic acids is 1. The summed E-state index contributed by atoms with van der Waals surface area (Å²) in [5.41, 5.74) is 4.34. The van der Waals surface area contributed by atoms with Gasteiger partial charge in [0.05, 0.1) is 10.4 Å². The maximum atomic E-state index is 12.8. The molecular formula is C22H27N5O3S. The van der Waals surface area contributed by atoms with Gasteiger partial charge in [-0.1, -0.05) is 17.3 Å². The van der Waals surface area contributed by atoms with Crippen molar-refractivity contribution in [1.29, 1.82) is 0 Å². The van der Waals surface area contributed by atoms with Crippen molar-refractivity contribution in [3.8, 4) is 0 Å². The Morgan fingerprint density at radius 2 is 1.90 bits per heavy atom. The Balaban J connectivity index is 1.39. The van der Waals surface area contributed by atoms with Crippen molar-refractivity contribution in [2.24, 2.45) is 0 Å². The maximum Gasteiger partial charge on any atom is 0.243 e. The molecule has 2 heterocycles. The average molecular weight is 442 g/mol. The van der Waals surface area contributed by atoms with Crippen LogP contribution in [0, 0.1) is 13.8 Å². The lowest BCUT2D eigenvalue weighted by Gasteiger charge is -2.15. The summed E-state index contributed by atoms with van der Waals surface area (Å²) in [5, 5.41) is 11.2. The fourth-order valence-electron chi connectivity index (χ4n) is 3.84. The average Bonchev–Trinajstić information content (AvgIpc) is 3.42. The van der Waals surface area contributed by atoms with E-state index in [1.807, 2.05) is 32.0 Å². The van der Waals surface area contributed by atoms with Gasteiger partial charge in [0.1, 0.15) is 5.52 Å². The van der Waals surface area contributed by atoms with Crippen LogP contribution in [0.4, 0.5) is 5.69 Å². The molecule has 1 saturated heterocycles. The number of aryl methyl sites for hydroxylation is 2. The standard InChI is InChI=1S/C22H27N5O3S/c1-16-7-5-8-19(17(16)2)23-22(28)9-6-14-27-21-11-10-18(15-20(21)24-25-27)31(29,30)26-12-3-4-13-26/h5,7-8,10-11,15H,3-4,6,9,12-14H2,1-2H3,(H,23,28). The number of amides is 1. The summed E-state index contributed by atoms with van der Waals surface area (Å²) in [6, 6.07) is 10.8. The number of aromatic nitrogens is 3. The van der Waals surface area contributed by atoms with Crippen molar-refractivity contribution in [3.05, 3.63) is 47.5 Å². The molecule has 2 aromatic carbocycles. The van der Waals surface area contributed by atoms with Crippen LogP contribution in [0.15, 0.2) is 41.3 Å². The minimum atomic E-state index is -3.48. The first-order valence-electron chi connectivity index (χ1n) is 10.6. The van der Waals surface area contributed by atoms with Gasteiger partial charge >= 0.3 is 0 Å². The molecule has 9 heteroatoms. The van der Waals surface area contributed by atoms with Gasteiger partial charge in [0.15, 0.2) is 0 Å². The van der Waals surface area contributed by atoms with E-state index in [4.69, 9.17) is 0 Å². The van der Waals surface area contributed by atoms with E-state index in [1.54, 1.807) is 22.9 Å². The zero-order chi connectivity index (χ0) is 22.0. The lowest BCUT2D eigenvalue weighted by molar-refractivity contribution is -0.116. The van der Waals surface area contributed by atoms with Crippen LogP contribution in [0.5, 0.6) is 0 Å². The number of nitrogens with one attached hydrogen (secondary N) is 1. The molecule has 31 heavy (non-hydrogen) atoms. The minimum absolute atomic E-state index is 0.0443. The quantitative estimate of drug-likeness (QED) is 0.607. The van der Waals surface area contributed by atoms with Gasteiger partial charge in [-0.25, -0.2) is 13.1 Å². The molecule has 164 valence electrons. The maximum absolute atomic E-state index is 12.8. The van der Waals surface area contributed by atoms with E-state index < -0.39 is 10.0 Å². The lowest BCUT2D eigenvalue weighted by Crippen LogP contribution is -2.27. The molecule has 4 rings (SSSR count). The van der Waals surface area contributed by atoms with Crippen LogP contribution in [-0.4, -0.2) is 46.7 Å². The molecule has 1 fully saturated rings. The molecular weight excluding hydrogens is 414 g/mol. The Hall–Kier alpha value is -2.78. The molecule has 0 aliphatic carbocycles. The summed E-state index contributed by atoms with van der Waals surface area (Å²) in [5.74, 6) is -0.0443. The monoisotopic (exact) mass is 441 g/mol. The van der Waals surface area contributed by atoms with Gasteiger partial charge in [0.2, 0.25) is 15.9 Å².